The summed E-state index contributed by atoms with van der Waals surface area (Å²) in [4.78, 5) is 44.5. The van der Waals surface area contributed by atoms with Gasteiger partial charge in [-0.25, -0.2) is 4.90 Å². The highest BCUT2D eigenvalue weighted by molar-refractivity contribution is 6.38. The molecule has 6 nitrogen and oxygen atoms in total. The number of nitrogens with zero attached hydrogens (tertiary/aromatic N) is 2. The second-order valence-corrected chi connectivity index (χ2v) is 10.1. The Balaban J connectivity index is 1.58. The molecule has 4 atom stereocenters. The van der Waals surface area contributed by atoms with Crippen molar-refractivity contribution in [3.63, 3.8) is 0 Å². The molecule has 32 heavy (non-hydrogen) atoms. The van der Waals surface area contributed by atoms with Gasteiger partial charge in [-0.2, -0.15) is 0 Å². The maximum atomic E-state index is 13.9. The predicted octanol–water partition coefficient (Wildman–Crippen LogP) is 4.39. The first-order chi connectivity index (χ1) is 15.3. The molecule has 1 N–H and O–H groups in total. The standard InChI is InChI=1S/C23H18Cl3N3O3/c1-10-13(25)7-5-12-19(10)27-22(32)23(12)18-17(15-3-2-8-28(15)23)20(30)29(21(18)31)16-9-11(24)4-6-14(16)26/h4-7,9,15,17-18H,2-3,8H2,1H3,(H,27,32)/t15-,17+,18-,23+/m0/s1. The minimum Gasteiger partial charge on any atom is -0.324 e. The molecule has 0 saturated carbocycles. The summed E-state index contributed by atoms with van der Waals surface area (Å²) in [5.41, 5.74) is 1.11. The number of carbonyl (C=O) groups is 3. The molecular formula is C23H18Cl3N3O3. The molecule has 4 heterocycles. The molecule has 6 rings (SSSR count). The van der Waals surface area contributed by atoms with Crippen molar-refractivity contribution in [3.8, 4) is 0 Å². The fraction of sp³-hybridized carbons (Fsp3) is 0.348. The number of rotatable bonds is 1. The lowest BCUT2D eigenvalue weighted by atomic mass is 9.75. The Kier molecular flexibility index (Phi) is 4.29. The van der Waals surface area contributed by atoms with Crippen molar-refractivity contribution in [3.05, 3.63) is 56.5 Å². The third-order valence-electron chi connectivity index (χ3n) is 7.51. The molecule has 0 aromatic heterocycles. The van der Waals surface area contributed by atoms with Crippen LogP contribution in [0.3, 0.4) is 0 Å². The van der Waals surface area contributed by atoms with E-state index in [4.69, 9.17) is 34.8 Å². The van der Waals surface area contributed by atoms with Crippen LogP contribution >= 0.6 is 34.8 Å². The number of anilines is 2. The molecule has 3 fully saturated rings. The zero-order valence-electron chi connectivity index (χ0n) is 17.0. The van der Waals surface area contributed by atoms with E-state index in [2.05, 4.69) is 10.2 Å². The SMILES string of the molecule is Cc1c(Cl)ccc2c1NC(=O)[C@]21[C@@H]2C(=O)N(c3cc(Cl)ccc3Cl)C(=O)[C@@H]2[C@@H]2CCCN21. The van der Waals surface area contributed by atoms with Crippen molar-refractivity contribution in [2.45, 2.75) is 31.3 Å². The van der Waals surface area contributed by atoms with E-state index in [-0.39, 0.29) is 28.6 Å². The van der Waals surface area contributed by atoms with Gasteiger partial charge in [0, 0.05) is 21.7 Å². The molecule has 0 bridgehead atoms. The highest BCUT2D eigenvalue weighted by atomic mass is 35.5. The maximum Gasteiger partial charge on any atom is 0.250 e. The molecule has 2 aromatic rings. The van der Waals surface area contributed by atoms with E-state index >= 15 is 0 Å². The molecule has 3 amide bonds. The van der Waals surface area contributed by atoms with E-state index in [1.807, 2.05) is 13.0 Å². The van der Waals surface area contributed by atoms with Crippen LogP contribution in [0.4, 0.5) is 11.4 Å². The summed E-state index contributed by atoms with van der Waals surface area (Å²) in [6.07, 6.45) is 1.60. The normalized spacial score (nSPS) is 30.8. The van der Waals surface area contributed by atoms with E-state index < -0.39 is 23.3 Å². The summed E-state index contributed by atoms with van der Waals surface area (Å²) in [5, 5.41) is 4.14. The van der Waals surface area contributed by atoms with E-state index in [0.717, 1.165) is 23.3 Å². The summed E-state index contributed by atoms with van der Waals surface area (Å²) in [6, 6.07) is 8.05. The van der Waals surface area contributed by atoms with Crippen molar-refractivity contribution < 1.29 is 14.4 Å². The highest BCUT2D eigenvalue weighted by Crippen LogP contribution is 2.61. The van der Waals surface area contributed by atoms with Gasteiger partial charge in [0.2, 0.25) is 17.7 Å². The number of halogens is 3. The molecule has 0 radical (unpaired) electrons. The zero-order valence-corrected chi connectivity index (χ0v) is 19.3. The van der Waals surface area contributed by atoms with Crippen molar-refractivity contribution in [1.29, 1.82) is 0 Å². The molecule has 9 heteroatoms. The lowest BCUT2D eigenvalue weighted by molar-refractivity contribution is -0.135. The minimum absolute atomic E-state index is 0.202. The van der Waals surface area contributed by atoms with Crippen molar-refractivity contribution in [1.82, 2.24) is 4.90 Å². The molecule has 3 saturated heterocycles. The fourth-order valence-electron chi connectivity index (χ4n) is 6.29. The molecule has 0 unspecified atom stereocenters. The molecule has 0 aliphatic carbocycles. The Labute approximate surface area is 199 Å². The van der Waals surface area contributed by atoms with Crippen LogP contribution in [0.2, 0.25) is 15.1 Å². The van der Waals surface area contributed by atoms with Crippen molar-refractivity contribution in [2.75, 3.05) is 16.8 Å². The van der Waals surface area contributed by atoms with Crippen molar-refractivity contribution in [2.24, 2.45) is 11.8 Å². The van der Waals surface area contributed by atoms with Gasteiger partial charge in [0.1, 0.15) is 5.54 Å². The third-order valence-corrected chi connectivity index (χ3v) is 8.48. The van der Waals surface area contributed by atoms with Crippen LogP contribution in [0.5, 0.6) is 0 Å². The Bertz CT molecular complexity index is 1250. The number of hydrogen-bond acceptors (Lipinski definition) is 4. The Morgan fingerprint density at radius 3 is 2.56 bits per heavy atom. The number of imide groups is 1. The number of benzene rings is 2. The highest BCUT2D eigenvalue weighted by Gasteiger charge is 2.74. The lowest BCUT2D eigenvalue weighted by Gasteiger charge is -2.36. The number of amides is 3. The van der Waals surface area contributed by atoms with E-state index in [0.29, 0.717) is 27.8 Å². The zero-order chi connectivity index (χ0) is 22.5. The first kappa shape index (κ1) is 20.5. The van der Waals surface area contributed by atoms with Gasteiger partial charge in [0.25, 0.3) is 0 Å². The van der Waals surface area contributed by atoms with Gasteiger partial charge in [-0.05, 0) is 56.1 Å². The molecule has 4 aliphatic heterocycles. The molecular weight excluding hydrogens is 473 g/mol. The van der Waals surface area contributed by atoms with Gasteiger partial charge in [0.05, 0.1) is 28.2 Å². The van der Waals surface area contributed by atoms with Gasteiger partial charge in [-0.15, -0.1) is 0 Å². The Morgan fingerprint density at radius 2 is 1.78 bits per heavy atom. The average Bonchev–Trinajstić information content (AvgIpc) is 3.46. The topological polar surface area (TPSA) is 69.7 Å². The minimum atomic E-state index is -1.25. The summed E-state index contributed by atoms with van der Waals surface area (Å²) in [7, 11) is 0. The lowest BCUT2D eigenvalue weighted by Crippen LogP contribution is -2.54. The Hall–Kier alpha value is -2.12. The molecule has 1 spiro atoms. The van der Waals surface area contributed by atoms with Crippen LogP contribution in [0.1, 0.15) is 24.0 Å². The second-order valence-electron chi connectivity index (χ2n) is 8.83. The predicted molar refractivity (Wildman–Crippen MR) is 122 cm³/mol. The first-order valence-electron chi connectivity index (χ1n) is 10.5. The van der Waals surface area contributed by atoms with Gasteiger partial charge >= 0.3 is 0 Å². The number of carbonyl (C=O) groups excluding carboxylic acids is 3. The van der Waals surface area contributed by atoms with Crippen LogP contribution in [0.25, 0.3) is 0 Å². The molecule has 4 aliphatic rings. The van der Waals surface area contributed by atoms with E-state index in [9.17, 15) is 14.4 Å². The van der Waals surface area contributed by atoms with Crippen LogP contribution in [-0.4, -0.2) is 35.2 Å². The summed E-state index contributed by atoms with van der Waals surface area (Å²) < 4.78 is 0. The number of hydrogen-bond donors (Lipinski definition) is 1. The van der Waals surface area contributed by atoms with Crippen LogP contribution in [0, 0.1) is 18.8 Å². The van der Waals surface area contributed by atoms with Crippen molar-refractivity contribution >= 4 is 63.9 Å². The van der Waals surface area contributed by atoms with Gasteiger partial charge in [-0.3, -0.25) is 19.3 Å². The molecule has 2 aromatic carbocycles. The van der Waals surface area contributed by atoms with Gasteiger partial charge in [-0.1, -0.05) is 40.9 Å². The summed E-state index contributed by atoms with van der Waals surface area (Å²) in [6.45, 7) is 2.48. The average molecular weight is 491 g/mol. The third kappa shape index (κ3) is 2.29. The van der Waals surface area contributed by atoms with Crippen LogP contribution in [0.15, 0.2) is 30.3 Å². The van der Waals surface area contributed by atoms with Crippen LogP contribution < -0.4 is 10.2 Å². The van der Waals surface area contributed by atoms with E-state index in [1.165, 1.54) is 6.07 Å². The first-order valence-corrected chi connectivity index (χ1v) is 11.6. The largest absolute Gasteiger partial charge is 0.324 e. The number of fused-ring (bicyclic) bond motifs is 7. The maximum absolute atomic E-state index is 13.9. The monoisotopic (exact) mass is 489 g/mol. The van der Waals surface area contributed by atoms with Crippen LogP contribution in [-0.2, 0) is 19.9 Å². The smallest absolute Gasteiger partial charge is 0.250 e. The summed E-state index contributed by atoms with van der Waals surface area (Å²) >= 11 is 18.8. The quantitative estimate of drug-likeness (QED) is 0.602. The second kappa shape index (κ2) is 6.70. The Morgan fingerprint density at radius 1 is 1.03 bits per heavy atom. The molecule has 164 valence electrons. The van der Waals surface area contributed by atoms with Gasteiger partial charge in [0.15, 0.2) is 0 Å². The summed E-state index contributed by atoms with van der Waals surface area (Å²) in [5.74, 6) is -2.51. The fourth-order valence-corrected chi connectivity index (χ4v) is 6.81. The van der Waals surface area contributed by atoms with E-state index in [1.54, 1.807) is 18.2 Å². The van der Waals surface area contributed by atoms with Gasteiger partial charge < -0.3 is 5.32 Å². The number of nitrogens with one attached hydrogen (secondary N) is 1.